The van der Waals surface area contributed by atoms with E-state index in [1.807, 2.05) is 13.8 Å². The number of hydrogen-bond donors (Lipinski definition) is 1. The molecule has 1 unspecified atom stereocenters. The van der Waals surface area contributed by atoms with Crippen LogP contribution in [0.2, 0.25) is 0 Å². The summed E-state index contributed by atoms with van der Waals surface area (Å²) < 4.78 is 9.91. The van der Waals surface area contributed by atoms with E-state index in [0.717, 1.165) is 0 Å². The monoisotopic (exact) mass is 252 g/mol. The van der Waals surface area contributed by atoms with Gasteiger partial charge in [-0.05, 0) is 12.0 Å². The first-order chi connectivity index (χ1) is 8.49. The first-order valence-corrected chi connectivity index (χ1v) is 5.33. The topological polar surface area (TPSA) is 121 Å². The van der Waals surface area contributed by atoms with Crippen LogP contribution in [0.4, 0.5) is 5.88 Å². The molecule has 0 aliphatic rings. The Kier molecular flexibility index (Phi) is 3.11. The summed E-state index contributed by atoms with van der Waals surface area (Å²) in [7, 11) is 0. The highest BCUT2D eigenvalue weighted by Crippen LogP contribution is 2.26. The van der Waals surface area contributed by atoms with Crippen LogP contribution >= 0.6 is 0 Å². The molecular formula is C10H12N4O4. The van der Waals surface area contributed by atoms with Crippen LogP contribution < -0.4 is 5.73 Å². The van der Waals surface area contributed by atoms with Crippen LogP contribution in [0.3, 0.4) is 0 Å². The molecule has 2 heterocycles. The molecular weight excluding hydrogens is 240 g/mol. The van der Waals surface area contributed by atoms with Crippen molar-refractivity contribution >= 4 is 5.88 Å². The third-order valence-corrected chi connectivity index (χ3v) is 2.44. The molecule has 0 bridgehead atoms. The first kappa shape index (κ1) is 12.2. The van der Waals surface area contributed by atoms with Crippen molar-refractivity contribution in [1.29, 1.82) is 0 Å². The third kappa shape index (κ3) is 2.23. The van der Waals surface area contributed by atoms with Crippen molar-refractivity contribution in [3.63, 3.8) is 0 Å². The summed E-state index contributed by atoms with van der Waals surface area (Å²) in [5.74, 6) is 0.351. The van der Waals surface area contributed by atoms with Crippen molar-refractivity contribution in [2.75, 3.05) is 0 Å². The summed E-state index contributed by atoms with van der Waals surface area (Å²) in [4.78, 5) is 13.9. The molecule has 0 aliphatic heterocycles. The smallest absolute Gasteiger partial charge is 0.395 e. The van der Waals surface area contributed by atoms with E-state index in [2.05, 4.69) is 10.1 Å². The summed E-state index contributed by atoms with van der Waals surface area (Å²) in [6.45, 7) is 3.86. The second kappa shape index (κ2) is 4.57. The highest BCUT2D eigenvalue weighted by Gasteiger charge is 2.21. The lowest BCUT2D eigenvalue weighted by Crippen LogP contribution is -2.18. The lowest BCUT2D eigenvalue weighted by molar-refractivity contribution is -0.401. The van der Waals surface area contributed by atoms with Gasteiger partial charge in [-0.1, -0.05) is 19.0 Å². The zero-order valence-corrected chi connectivity index (χ0v) is 9.86. The molecule has 8 heteroatoms. The van der Waals surface area contributed by atoms with Crippen LogP contribution in [0.25, 0.3) is 11.7 Å². The minimum absolute atomic E-state index is 0.0780. The van der Waals surface area contributed by atoms with Gasteiger partial charge in [-0.3, -0.25) is 10.1 Å². The van der Waals surface area contributed by atoms with Gasteiger partial charge in [0.2, 0.25) is 0 Å². The molecule has 2 N–H and O–H groups in total. The van der Waals surface area contributed by atoms with E-state index < -0.39 is 4.92 Å². The second-order valence-electron chi connectivity index (χ2n) is 4.12. The zero-order valence-electron chi connectivity index (χ0n) is 9.86. The minimum Gasteiger partial charge on any atom is -0.395 e. The van der Waals surface area contributed by atoms with Crippen molar-refractivity contribution in [3.8, 4) is 11.7 Å². The molecule has 1 atom stereocenters. The normalized spacial score (nSPS) is 12.9. The molecule has 0 aliphatic carbocycles. The quantitative estimate of drug-likeness (QED) is 0.651. The molecule has 0 saturated carbocycles. The predicted molar refractivity (Wildman–Crippen MR) is 60.4 cm³/mol. The van der Waals surface area contributed by atoms with Crippen molar-refractivity contribution in [2.24, 2.45) is 11.7 Å². The first-order valence-electron chi connectivity index (χ1n) is 5.33. The van der Waals surface area contributed by atoms with E-state index in [0.29, 0.717) is 5.82 Å². The summed E-state index contributed by atoms with van der Waals surface area (Å²) in [5, 5.41) is 14.2. The number of nitrogens with two attached hydrogens (primary N) is 1. The largest absolute Gasteiger partial charge is 0.433 e. The Morgan fingerprint density at radius 2 is 2.17 bits per heavy atom. The number of furan rings is 1. The molecule has 2 aromatic rings. The van der Waals surface area contributed by atoms with E-state index in [9.17, 15) is 10.1 Å². The van der Waals surface area contributed by atoms with Crippen molar-refractivity contribution in [3.05, 3.63) is 28.1 Å². The molecule has 0 fully saturated rings. The Hall–Kier alpha value is -2.22. The molecule has 8 nitrogen and oxygen atoms in total. The lowest BCUT2D eigenvalue weighted by atomic mass is 10.1. The van der Waals surface area contributed by atoms with Crippen molar-refractivity contribution in [1.82, 2.24) is 10.1 Å². The summed E-state index contributed by atoms with van der Waals surface area (Å²) in [6, 6.07) is 2.27. The molecule has 18 heavy (non-hydrogen) atoms. The Morgan fingerprint density at radius 3 is 2.72 bits per heavy atom. The van der Waals surface area contributed by atoms with E-state index in [1.54, 1.807) is 0 Å². The van der Waals surface area contributed by atoms with Gasteiger partial charge in [0.15, 0.2) is 11.6 Å². The fourth-order valence-electron chi connectivity index (χ4n) is 1.31. The van der Waals surface area contributed by atoms with Gasteiger partial charge in [0.25, 0.3) is 5.89 Å². The maximum atomic E-state index is 10.5. The SMILES string of the molecule is CC(C)C(N)c1noc(-c2ccc([N+](=O)[O-])o2)n1. The van der Waals surface area contributed by atoms with Gasteiger partial charge < -0.3 is 14.7 Å². The predicted octanol–water partition coefficient (Wildman–Crippen LogP) is 1.89. The fourth-order valence-corrected chi connectivity index (χ4v) is 1.31. The highest BCUT2D eigenvalue weighted by atomic mass is 16.6. The standard InChI is InChI=1S/C10H12N4O4/c1-5(2)8(11)9-12-10(18-13-9)6-3-4-7(17-6)14(15)16/h3-5,8H,11H2,1-2H3. The van der Waals surface area contributed by atoms with Gasteiger partial charge in [0.05, 0.1) is 12.1 Å². The maximum Gasteiger partial charge on any atom is 0.433 e. The summed E-state index contributed by atoms with van der Waals surface area (Å²) >= 11 is 0. The molecule has 0 saturated heterocycles. The second-order valence-corrected chi connectivity index (χ2v) is 4.12. The average Bonchev–Trinajstić information content (AvgIpc) is 2.96. The molecule has 0 radical (unpaired) electrons. The van der Waals surface area contributed by atoms with Crippen LogP contribution in [0.1, 0.15) is 25.7 Å². The minimum atomic E-state index is -0.638. The Labute approximate surface area is 102 Å². The maximum absolute atomic E-state index is 10.5. The molecule has 2 aromatic heterocycles. The zero-order chi connectivity index (χ0) is 13.3. The Morgan fingerprint density at radius 1 is 1.44 bits per heavy atom. The van der Waals surface area contributed by atoms with Gasteiger partial charge >= 0.3 is 5.88 Å². The van der Waals surface area contributed by atoms with E-state index in [4.69, 9.17) is 14.7 Å². The van der Waals surface area contributed by atoms with Crippen LogP contribution in [-0.2, 0) is 0 Å². The van der Waals surface area contributed by atoms with Gasteiger partial charge in [0.1, 0.15) is 4.92 Å². The summed E-state index contributed by atoms with van der Waals surface area (Å²) in [5.41, 5.74) is 5.86. The molecule has 0 aromatic carbocycles. The Balaban J connectivity index is 2.26. The van der Waals surface area contributed by atoms with Crippen molar-refractivity contribution in [2.45, 2.75) is 19.9 Å². The number of nitro groups is 1. The number of nitrogens with zero attached hydrogens (tertiary/aromatic N) is 3. The van der Waals surface area contributed by atoms with E-state index >= 15 is 0 Å². The number of aromatic nitrogens is 2. The van der Waals surface area contributed by atoms with Crippen LogP contribution in [0, 0.1) is 16.0 Å². The number of rotatable bonds is 4. The van der Waals surface area contributed by atoms with Crippen LogP contribution in [0.15, 0.2) is 21.1 Å². The molecule has 0 spiro atoms. The van der Waals surface area contributed by atoms with E-state index in [-0.39, 0.29) is 29.5 Å². The van der Waals surface area contributed by atoms with Crippen molar-refractivity contribution < 1.29 is 13.9 Å². The van der Waals surface area contributed by atoms with Gasteiger partial charge in [0, 0.05) is 0 Å². The highest BCUT2D eigenvalue weighted by molar-refractivity contribution is 5.46. The van der Waals surface area contributed by atoms with Gasteiger partial charge in [-0.25, -0.2) is 0 Å². The Bertz CT molecular complexity index is 560. The van der Waals surface area contributed by atoms with Gasteiger partial charge in [-0.15, -0.1) is 0 Å². The number of hydrogen-bond acceptors (Lipinski definition) is 7. The molecule has 2 rings (SSSR count). The van der Waals surface area contributed by atoms with E-state index in [1.165, 1.54) is 12.1 Å². The molecule has 0 amide bonds. The van der Waals surface area contributed by atoms with Crippen LogP contribution in [-0.4, -0.2) is 15.1 Å². The molecule has 96 valence electrons. The average molecular weight is 252 g/mol. The fraction of sp³-hybridized carbons (Fsp3) is 0.400. The lowest BCUT2D eigenvalue weighted by Gasteiger charge is -2.09. The van der Waals surface area contributed by atoms with Gasteiger partial charge in [-0.2, -0.15) is 4.98 Å². The summed E-state index contributed by atoms with van der Waals surface area (Å²) in [6.07, 6.45) is 0. The third-order valence-electron chi connectivity index (χ3n) is 2.44. The van der Waals surface area contributed by atoms with Crippen LogP contribution in [0.5, 0.6) is 0 Å².